The Hall–Kier alpha value is -1.89. The Morgan fingerprint density at radius 1 is 1.00 bits per heavy atom. The zero-order valence-corrected chi connectivity index (χ0v) is 21.0. The molecule has 1 heterocycles. The lowest BCUT2D eigenvalue weighted by Crippen LogP contribution is -2.56. The lowest BCUT2D eigenvalue weighted by Gasteiger charge is -2.28. The molecule has 0 spiro atoms. The van der Waals surface area contributed by atoms with Crippen LogP contribution in [-0.2, 0) is 19.2 Å². The average Bonchev–Trinajstić information content (AvgIpc) is 3.30. The number of thioether (sulfide) groups is 1. The molecule has 4 unspecified atom stereocenters. The molecule has 1 saturated heterocycles. The number of nitrogens with two attached hydrogens (primary N) is 3. The van der Waals surface area contributed by atoms with Crippen LogP contribution in [0, 0.1) is 0 Å². The van der Waals surface area contributed by atoms with Crippen LogP contribution >= 0.6 is 11.8 Å². The lowest BCUT2D eigenvalue weighted by atomic mass is 10.1. The van der Waals surface area contributed by atoms with Gasteiger partial charge in [-0.05, 0) is 76.5 Å². The number of carbonyl (C=O) groups excluding carboxylic acids is 3. The molecule has 11 nitrogen and oxygen atoms in total. The van der Waals surface area contributed by atoms with Crippen molar-refractivity contribution in [2.24, 2.45) is 17.2 Å². The first-order valence-corrected chi connectivity index (χ1v) is 13.4. The maximum atomic E-state index is 13.1. The summed E-state index contributed by atoms with van der Waals surface area (Å²) in [5.74, 6) is -1.77. The highest BCUT2D eigenvalue weighted by atomic mass is 32.2. The van der Waals surface area contributed by atoms with Crippen LogP contribution in [-0.4, -0.2) is 89.5 Å². The highest BCUT2D eigenvalue weighted by Crippen LogP contribution is 2.20. The minimum absolute atomic E-state index is 0.258. The predicted octanol–water partition coefficient (Wildman–Crippen LogP) is -0.630. The van der Waals surface area contributed by atoms with E-state index in [4.69, 9.17) is 17.2 Å². The minimum atomic E-state index is -1.13. The van der Waals surface area contributed by atoms with Crippen LogP contribution in [0.25, 0.3) is 0 Å². The lowest BCUT2D eigenvalue weighted by molar-refractivity contribution is -0.143. The summed E-state index contributed by atoms with van der Waals surface area (Å²) in [5, 5.41) is 14.8. The first-order valence-electron chi connectivity index (χ1n) is 12.0. The van der Waals surface area contributed by atoms with Gasteiger partial charge < -0.3 is 37.8 Å². The molecular weight excluding hydrogens is 460 g/mol. The van der Waals surface area contributed by atoms with Gasteiger partial charge in [0.1, 0.15) is 18.1 Å². The van der Waals surface area contributed by atoms with Crippen molar-refractivity contribution < 1.29 is 24.3 Å². The maximum Gasteiger partial charge on any atom is 0.326 e. The third kappa shape index (κ3) is 10.2. The predicted molar refractivity (Wildman–Crippen MR) is 133 cm³/mol. The Morgan fingerprint density at radius 3 is 2.24 bits per heavy atom. The monoisotopic (exact) mass is 502 g/mol. The van der Waals surface area contributed by atoms with Crippen molar-refractivity contribution in [3.63, 3.8) is 0 Å². The highest BCUT2D eigenvalue weighted by molar-refractivity contribution is 7.98. The fraction of sp³-hybridized carbons (Fsp3) is 0.818. The third-order valence-electron chi connectivity index (χ3n) is 5.93. The Bertz CT molecular complexity index is 668. The van der Waals surface area contributed by atoms with E-state index in [1.165, 1.54) is 16.7 Å². The molecule has 12 heteroatoms. The van der Waals surface area contributed by atoms with E-state index in [-0.39, 0.29) is 12.3 Å². The van der Waals surface area contributed by atoms with Gasteiger partial charge in [0, 0.05) is 6.54 Å². The van der Waals surface area contributed by atoms with Crippen molar-refractivity contribution in [2.45, 2.75) is 82.0 Å². The number of carboxylic acid groups (broad SMARTS) is 1. The molecule has 3 amide bonds. The van der Waals surface area contributed by atoms with Gasteiger partial charge in [-0.1, -0.05) is 6.42 Å². The summed E-state index contributed by atoms with van der Waals surface area (Å²) in [4.78, 5) is 51.9. The number of likely N-dealkylation sites (tertiary alicyclic amines) is 1. The third-order valence-corrected chi connectivity index (χ3v) is 6.57. The van der Waals surface area contributed by atoms with E-state index in [9.17, 15) is 24.3 Å². The topological polar surface area (TPSA) is 194 Å². The zero-order valence-electron chi connectivity index (χ0n) is 20.2. The van der Waals surface area contributed by atoms with Crippen LogP contribution in [0.3, 0.4) is 0 Å². The van der Waals surface area contributed by atoms with Crippen molar-refractivity contribution >= 4 is 35.5 Å². The molecule has 1 aliphatic heterocycles. The molecule has 1 rings (SSSR count). The zero-order chi connectivity index (χ0) is 25.5. The van der Waals surface area contributed by atoms with E-state index in [1.807, 2.05) is 6.26 Å². The van der Waals surface area contributed by atoms with E-state index in [2.05, 4.69) is 10.6 Å². The van der Waals surface area contributed by atoms with E-state index >= 15 is 0 Å². The second-order valence-electron chi connectivity index (χ2n) is 8.61. The van der Waals surface area contributed by atoms with Crippen molar-refractivity contribution in [3.05, 3.63) is 0 Å². The van der Waals surface area contributed by atoms with Gasteiger partial charge in [-0.3, -0.25) is 14.4 Å². The van der Waals surface area contributed by atoms with Gasteiger partial charge in [0.2, 0.25) is 17.7 Å². The summed E-state index contributed by atoms with van der Waals surface area (Å²) >= 11 is 1.52. The fourth-order valence-corrected chi connectivity index (χ4v) is 4.41. The molecule has 0 aromatic rings. The van der Waals surface area contributed by atoms with E-state index in [1.54, 1.807) is 0 Å². The largest absolute Gasteiger partial charge is 0.480 e. The molecule has 34 heavy (non-hydrogen) atoms. The summed E-state index contributed by atoms with van der Waals surface area (Å²) < 4.78 is 0. The van der Waals surface area contributed by atoms with Gasteiger partial charge in [-0.25, -0.2) is 4.79 Å². The number of nitrogens with one attached hydrogen (secondary N) is 2. The molecule has 4 atom stereocenters. The van der Waals surface area contributed by atoms with Crippen molar-refractivity contribution in [1.82, 2.24) is 15.5 Å². The quantitative estimate of drug-likeness (QED) is 0.140. The van der Waals surface area contributed by atoms with Crippen LogP contribution in [0.2, 0.25) is 0 Å². The van der Waals surface area contributed by atoms with E-state index in [0.717, 1.165) is 12.8 Å². The van der Waals surface area contributed by atoms with Gasteiger partial charge in [-0.2, -0.15) is 11.8 Å². The highest BCUT2D eigenvalue weighted by Gasteiger charge is 2.37. The number of rotatable bonds is 17. The first kappa shape index (κ1) is 30.1. The Labute approximate surface area is 206 Å². The number of amides is 3. The van der Waals surface area contributed by atoms with Gasteiger partial charge in [0.25, 0.3) is 0 Å². The molecule has 9 N–H and O–H groups in total. The number of carboxylic acids is 1. The smallest absolute Gasteiger partial charge is 0.326 e. The number of nitrogens with zero attached hydrogens (tertiary/aromatic N) is 1. The summed E-state index contributed by atoms with van der Waals surface area (Å²) in [6.45, 7) is 1.41. The van der Waals surface area contributed by atoms with Crippen molar-refractivity contribution in [1.29, 1.82) is 0 Å². The number of hydrogen-bond acceptors (Lipinski definition) is 8. The minimum Gasteiger partial charge on any atom is -0.480 e. The van der Waals surface area contributed by atoms with Crippen LogP contribution in [0.5, 0.6) is 0 Å². The molecule has 0 aliphatic carbocycles. The summed E-state index contributed by atoms with van der Waals surface area (Å²) in [5.41, 5.74) is 17.0. The SMILES string of the molecule is CSCCC(NC(=O)C1CCCN1C(=O)C(N)CCCCN)C(=O)NC(CCCCN)C(=O)O. The van der Waals surface area contributed by atoms with Gasteiger partial charge in [0.15, 0.2) is 0 Å². The van der Waals surface area contributed by atoms with Gasteiger partial charge >= 0.3 is 5.97 Å². The van der Waals surface area contributed by atoms with E-state index < -0.39 is 42.0 Å². The standard InChI is InChI=1S/C22H42N6O5S/c1-34-14-10-16(19(29)27-17(22(32)33)8-3-5-12-24)26-20(30)18-9-6-13-28(18)21(31)15(25)7-2-4-11-23/h15-18H,2-14,23-25H2,1H3,(H,26,30)(H,27,29)(H,32,33). The molecule has 1 fully saturated rings. The normalized spacial score (nSPS) is 18.2. The first-order chi connectivity index (χ1) is 16.3. The van der Waals surface area contributed by atoms with Crippen LogP contribution in [0.1, 0.15) is 57.8 Å². The summed E-state index contributed by atoms with van der Waals surface area (Å²) in [6, 6.07) is -3.34. The van der Waals surface area contributed by atoms with E-state index in [0.29, 0.717) is 63.9 Å². The molecule has 196 valence electrons. The molecule has 0 bridgehead atoms. The average molecular weight is 503 g/mol. The second kappa shape index (κ2) is 16.7. The molecule has 0 aromatic carbocycles. The summed E-state index contributed by atoms with van der Waals surface area (Å²) in [6.07, 6.45) is 6.88. The Balaban J connectivity index is 2.81. The van der Waals surface area contributed by atoms with Crippen molar-refractivity contribution in [2.75, 3.05) is 31.6 Å². The van der Waals surface area contributed by atoms with Gasteiger partial charge in [-0.15, -0.1) is 0 Å². The molecule has 1 aliphatic rings. The molecule has 0 radical (unpaired) electrons. The summed E-state index contributed by atoms with van der Waals surface area (Å²) in [7, 11) is 0. The fourth-order valence-electron chi connectivity index (χ4n) is 3.94. The molecule has 0 aromatic heterocycles. The second-order valence-corrected chi connectivity index (χ2v) is 9.59. The van der Waals surface area contributed by atoms with Crippen molar-refractivity contribution in [3.8, 4) is 0 Å². The molecular formula is C22H42N6O5S. The number of carbonyl (C=O) groups is 4. The van der Waals surface area contributed by atoms with Crippen LogP contribution < -0.4 is 27.8 Å². The number of unbranched alkanes of at least 4 members (excludes halogenated alkanes) is 2. The molecule has 0 saturated carbocycles. The van der Waals surface area contributed by atoms with Gasteiger partial charge in [0.05, 0.1) is 6.04 Å². The Kier molecular flexibility index (Phi) is 14.8. The van der Waals surface area contributed by atoms with Crippen LogP contribution in [0.15, 0.2) is 0 Å². The maximum absolute atomic E-state index is 13.1. The number of hydrogen-bond donors (Lipinski definition) is 6. The van der Waals surface area contributed by atoms with Crippen LogP contribution in [0.4, 0.5) is 0 Å². The Morgan fingerprint density at radius 2 is 1.65 bits per heavy atom. The number of aliphatic carboxylic acids is 1.